The summed E-state index contributed by atoms with van der Waals surface area (Å²) in [5.41, 5.74) is 1.24. The molecule has 1 aromatic rings. The van der Waals surface area contributed by atoms with E-state index in [4.69, 9.17) is 4.74 Å². The summed E-state index contributed by atoms with van der Waals surface area (Å²) in [6.07, 6.45) is 5.29. The third-order valence-corrected chi connectivity index (χ3v) is 5.37. The van der Waals surface area contributed by atoms with E-state index in [1.165, 1.54) is 18.9 Å². The van der Waals surface area contributed by atoms with Gasteiger partial charge in [-0.2, -0.15) is 0 Å². The normalized spacial score (nSPS) is 26.0. The lowest BCUT2D eigenvalue weighted by Gasteiger charge is -2.23. The maximum absolute atomic E-state index is 14.2. The number of rotatable bonds is 6. The van der Waals surface area contributed by atoms with Crippen molar-refractivity contribution in [2.75, 3.05) is 19.8 Å². The summed E-state index contributed by atoms with van der Waals surface area (Å²) < 4.78 is 19.5. The van der Waals surface area contributed by atoms with Gasteiger partial charge in [-0.1, -0.05) is 0 Å². The van der Waals surface area contributed by atoms with Crippen molar-refractivity contribution in [3.05, 3.63) is 35.1 Å². The van der Waals surface area contributed by atoms with Crippen molar-refractivity contribution in [3.63, 3.8) is 0 Å². The quantitative estimate of drug-likeness (QED) is 0.811. The second kappa shape index (κ2) is 8.02. The number of nitrogens with one attached hydrogen (secondary N) is 2. The monoisotopic (exact) mass is 368 g/mol. The molecular weight excluding hydrogens is 343 g/mol. The molecule has 0 bridgehead atoms. The largest absolute Gasteiger partial charge is 0.381 e. The van der Waals surface area contributed by atoms with Crippen LogP contribution in [0.1, 0.15) is 53.9 Å². The third kappa shape index (κ3) is 4.72. The van der Waals surface area contributed by atoms with Gasteiger partial charge in [-0.05, 0) is 68.3 Å². The maximum atomic E-state index is 14.2. The van der Waals surface area contributed by atoms with Gasteiger partial charge in [0.2, 0.25) is 0 Å². The van der Waals surface area contributed by atoms with Gasteiger partial charge in [0.25, 0.3) is 5.91 Å². The van der Waals surface area contributed by atoms with Gasteiger partial charge in [0.1, 0.15) is 5.82 Å². The summed E-state index contributed by atoms with van der Waals surface area (Å²) in [6, 6.07) is 5.29. The fraction of sp³-hybridized carbons (Fsp3) is 0.632. The van der Waals surface area contributed by atoms with E-state index in [9.17, 15) is 9.18 Å². The Hall–Kier alpha value is -1.17. The number of amides is 1. The summed E-state index contributed by atoms with van der Waals surface area (Å²) in [5, 5.41) is 6.57. The van der Waals surface area contributed by atoms with E-state index in [0.717, 1.165) is 31.7 Å². The molecule has 2 aliphatic carbocycles. The van der Waals surface area contributed by atoms with Gasteiger partial charge in [0.05, 0.1) is 0 Å². The van der Waals surface area contributed by atoms with E-state index >= 15 is 0 Å². The van der Waals surface area contributed by atoms with Gasteiger partial charge in [-0.25, -0.2) is 4.39 Å². The molecule has 4 nitrogen and oxygen atoms in total. The zero-order chi connectivity index (χ0) is 16.5. The molecule has 25 heavy (non-hydrogen) atoms. The van der Waals surface area contributed by atoms with Gasteiger partial charge in [0, 0.05) is 36.8 Å². The first-order valence-electron chi connectivity index (χ1n) is 9.12. The van der Waals surface area contributed by atoms with Crippen LogP contribution in [0.2, 0.25) is 0 Å². The highest BCUT2D eigenvalue weighted by Gasteiger charge is 2.40. The molecule has 4 rings (SSSR count). The standard InChI is InChI=1S/C19H25FN2O2.ClH/c20-17-4-3-13(19(23)22-14-5-7-24-8-6-14)9-15(17)16-10-18(16)21-11-12-1-2-12;/h3-4,9,12,14,16,18,21H,1-2,5-8,10-11H2,(H,22,23);1H/t16-,18+;/m0./s1. The molecule has 1 amide bonds. The van der Waals surface area contributed by atoms with Crippen LogP contribution in [-0.2, 0) is 4.74 Å². The van der Waals surface area contributed by atoms with Gasteiger partial charge in [0.15, 0.2) is 0 Å². The van der Waals surface area contributed by atoms with Gasteiger partial charge >= 0.3 is 0 Å². The molecule has 1 heterocycles. The zero-order valence-electron chi connectivity index (χ0n) is 14.3. The van der Waals surface area contributed by atoms with Gasteiger partial charge in [-0.15, -0.1) is 12.4 Å². The molecular formula is C19H26ClFN2O2. The molecule has 2 saturated carbocycles. The van der Waals surface area contributed by atoms with Crippen LogP contribution in [0, 0.1) is 11.7 Å². The highest BCUT2D eigenvalue weighted by Crippen LogP contribution is 2.43. The van der Waals surface area contributed by atoms with Crippen molar-refractivity contribution in [1.82, 2.24) is 10.6 Å². The average molecular weight is 369 g/mol. The summed E-state index contributed by atoms with van der Waals surface area (Å²) >= 11 is 0. The Balaban J connectivity index is 0.00000182. The fourth-order valence-electron chi connectivity index (χ4n) is 3.48. The molecule has 138 valence electrons. The topological polar surface area (TPSA) is 50.4 Å². The van der Waals surface area contributed by atoms with Crippen molar-refractivity contribution < 1.29 is 13.9 Å². The average Bonchev–Trinajstić information content (AvgIpc) is 3.49. The summed E-state index contributed by atoms with van der Waals surface area (Å²) in [5.74, 6) is 0.733. The lowest BCUT2D eigenvalue weighted by atomic mass is 10.0. The van der Waals surface area contributed by atoms with Crippen molar-refractivity contribution in [1.29, 1.82) is 0 Å². The lowest BCUT2D eigenvalue weighted by molar-refractivity contribution is 0.0696. The predicted molar refractivity (Wildman–Crippen MR) is 96.8 cm³/mol. The SMILES string of the molecule is Cl.O=C(NC1CCOCC1)c1ccc(F)c([C@@H]2C[C@H]2NCC2CC2)c1. The van der Waals surface area contributed by atoms with Gasteiger partial charge in [-0.3, -0.25) is 4.79 Å². The van der Waals surface area contributed by atoms with Crippen LogP contribution < -0.4 is 10.6 Å². The predicted octanol–water partition coefficient (Wildman–Crippen LogP) is 3.01. The minimum absolute atomic E-state index is 0. The number of hydrogen-bond donors (Lipinski definition) is 2. The Morgan fingerprint density at radius 2 is 1.96 bits per heavy atom. The van der Waals surface area contributed by atoms with Gasteiger partial charge < -0.3 is 15.4 Å². The van der Waals surface area contributed by atoms with Crippen LogP contribution in [0.15, 0.2) is 18.2 Å². The molecule has 1 aliphatic heterocycles. The fourth-order valence-corrected chi connectivity index (χ4v) is 3.48. The van der Waals surface area contributed by atoms with E-state index in [0.29, 0.717) is 30.4 Å². The van der Waals surface area contributed by atoms with E-state index < -0.39 is 0 Å². The number of ether oxygens (including phenoxy) is 1. The van der Waals surface area contributed by atoms with Crippen molar-refractivity contribution in [2.45, 2.75) is 50.1 Å². The summed E-state index contributed by atoms with van der Waals surface area (Å²) in [7, 11) is 0. The van der Waals surface area contributed by atoms with E-state index in [1.807, 2.05) is 0 Å². The van der Waals surface area contributed by atoms with Crippen LogP contribution >= 0.6 is 12.4 Å². The second-order valence-corrected chi connectivity index (χ2v) is 7.40. The van der Waals surface area contributed by atoms with Crippen LogP contribution in [-0.4, -0.2) is 37.7 Å². The third-order valence-electron chi connectivity index (χ3n) is 5.37. The number of benzene rings is 1. The lowest BCUT2D eigenvalue weighted by Crippen LogP contribution is -2.38. The summed E-state index contributed by atoms with van der Waals surface area (Å²) in [6.45, 7) is 2.43. The highest BCUT2D eigenvalue weighted by atomic mass is 35.5. The minimum atomic E-state index is -0.196. The zero-order valence-corrected chi connectivity index (χ0v) is 15.1. The molecule has 0 spiro atoms. The smallest absolute Gasteiger partial charge is 0.251 e. The first kappa shape index (κ1) is 18.6. The molecule has 6 heteroatoms. The minimum Gasteiger partial charge on any atom is -0.381 e. The van der Waals surface area contributed by atoms with Crippen LogP contribution in [0.3, 0.4) is 0 Å². The van der Waals surface area contributed by atoms with Crippen molar-refractivity contribution in [3.8, 4) is 0 Å². The van der Waals surface area contributed by atoms with E-state index in [-0.39, 0.29) is 36.1 Å². The number of carbonyl (C=O) groups is 1. The molecule has 0 unspecified atom stereocenters. The van der Waals surface area contributed by atoms with E-state index in [1.54, 1.807) is 12.1 Å². The first-order valence-corrected chi connectivity index (χ1v) is 9.12. The molecule has 0 radical (unpaired) electrons. The highest BCUT2D eigenvalue weighted by molar-refractivity contribution is 5.94. The number of halogens is 2. The first-order chi connectivity index (χ1) is 11.7. The van der Waals surface area contributed by atoms with Crippen LogP contribution in [0.25, 0.3) is 0 Å². The maximum Gasteiger partial charge on any atom is 0.251 e. The molecule has 1 saturated heterocycles. The molecule has 2 N–H and O–H groups in total. The van der Waals surface area contributed by atoms with Crippen molar-refractivity contribution >= 4 is 18.3 Å². The Morgan fingerprint density at radius 3 is 2.68 bits per heavy atom. The molecule has 3 fully saturated rings. The Morgan fingerprint density at radius 1 is 1.20 bits per heavy atom. The Bertz CT molecular complexity index is 617. The van der Waals surface area contributed by atoms with E-state index in [2.05, 4.69) is 10.6 Å². The molecule has 0 aromatic heterocycles. The molecule has 3 aliphatic rings. The second-order valence-electron chi connectivity index (χ2n) is 7.40. The van der Waals surface area contributed by atoms with Crippen molar-refractivity contribution in [2.24, 2.45) is 5.92 Å². The number of carbonyl (C=O) groups excluding carboxylic acids is 1. The Kier molecular flexibility index (Phi) is 5.97. The molecule has 2 atom stereocenters. The Labute approximate surface area is 154 Å². The van der Waals surface area contributed by atoms with Crippen LogP contribution in [0.4, 0.5) is 4.39 Å². The van der Waals surface area contributed by atoms with Crippen LogP contribution in [0.5, 0.6) is 0 Å². The summed E-state index contributed by atoms with van der Waals surface area (Å²) in [4.78, 5) is 12.4. The molecule has 1 aromatic carbocycles. The number of hydrogen-bond acceptors (Lipinski definition) is 3.